The average Bonchev–Trinajstić information content (AvgIpc) is 2.65. The van der Waals surface area contributed by atoms with Gasteiger partial charge in [0.2, 0.25) is 0 Å². The van der Waals surface area contributed by atoms with Crippen molar-refractivity contribution in [1.29, 1.82) is 0 Å². The van der Waals surface area contributed by atoms with Gasteiger partial charge in [-0.25, -0.2) is 4.79 Å². The maximum absolute atomic E-state index is 12.9. The number of hydrogen-bond acceptors (Lipinski definition) is 3. The van der Waals surface area contributed by atoms with Crippen molar-refractivity contribution in [2.45, 2.75) is 33.2 Å². The van der Waals surface area contributed by atoms with Crippen LogP contribution in [0.25, 0.3) is 0 Å². The lowest BCUT2D eigenvalue weighted by molar-refractivity contribution is 0.155. The van der Waals surface area contributed by atoms with Crippen LogP contribution in [0.1, 0.15) is 32.3 Å². The van der Waals surface area contributed by atoms with Gasteiger partial charge in [0, 0.05) is 45.8 Å². The second-order valence-corrected chi connectivity index (χ2v) is 7.40. The first-order valence-corrected chi connectivity index (χ1v) is 9.85. The van der Waals surface area contributed by atoms with E-state index in [4.69, 9.17) is 11.6 Å². The zero-order valence-corrected chi connectivity index (χ0v) is 17.9. The number of rotatable bonds is 8. The van der Waals surface area contributed by atoms with Crippen LogP contribution in [0.15, 0.2) is 48.1 Å². The Bertz CT molecular complexity index is 713. The molecule has 2 amide bonds. The van der Waals surface area contributed by atoms with Gasteiger partial charge in [0.1, 0.15) is 11.5 Å². The fourth-order valence-corrected chi connectivity index (χ4v) is 3.40. The predicted octanol–water partition coefficient (Wildman–Crippen LogP) is 4.57. The Balaban J connectivity index is 2.42. The first-order chi connectivity index (χ1) is 12.8. The molecule has 0 atom stereocenters. The SMILES string of the molecule is C=C1C(N(C)Cc2ccc(Cl)cc2)=C(N(C)CC)N(C)C(=O)N1CCCC. The fraction of sp³-hybridized carbons (Fsp3) is 0.476. The minimum atomic E-state index is -0.0209. The summed E-state index contributed by atoms with van der Waals surface area (Å²) in [5.74, 6) is 0.886. The molecule has 0 N–H and O–H groups in total. The maximum atomic E-state index is 12.9. The Morgan fingerprint density at radius 3 is 2.30 bits per heavy atom. The molecule has 0 aliphatic carbocycles. The van der Waals surface area contributed by atoms with Crippen LogP contribution in [0, 0.1) is 0 Å². The molecule has 5 nitrogen and oxygen atoms in total. The van der Waals surface area contributed by atoms with E-state index in [1.165, 1.54) is 0 Å². The topological polar surface area (TPSA) is 30.0 Å². The summed E-state index contributed by atoms with van der Waals surface area (Å²) in [7, 11) is 5.88. The summed E-state index contributed by atoms with van der Waals surface area (Å²) < 4.78 is 0. The second kappa shape index (κ2) is 9.18. The molecule has 148 valence electrons. The number of carbonyl (C=O) groups excluding carboxylic acids is 1. The smallest absolute Gasteiger partial charge is 0.329 e. The molecule has 2 rings (SSSR count). The van der Waals surface area contributed by atoms with Gasteiger partial charge in [-0.1, -0.05) is 43.7 Å². The monoisotopic (exact) mass is 390 g/mol. The summed E-state index contributed by atoms with van der Waals surface area (Å²) >= 11 is 6.01. The summed E-state index contributed by atoms with van der Waals surface area (Å²) in [5, 5.41) is 0.727. The van der Waals surface area contributed by atoms with Gasteiger partial charge >= 0.3 is 6.03 Å². The Morgan fingerprint density at radius 1 is 1.11 bits per heavy atom. The van der Waals surface area contributed by atoms with Crippen LogP contribution >= 0.6 is 11.6 Å². The number of urea groups is 1. The second-order valence-electron chi connectivity index (χ2n) is 6.96. The van der Waals surface area contributed by atoms with Crippen LogP contribution < -0.4 is 0 Å². The third-order valence-electron chi connectivity index (χ3n) is 4.93. The number of amides is 2. The highest BCUT2D eigenvalue weighted by Crippen LogP contribution is 2.31. The van der Waals surface area contributed by atoms with Gasteiger partial charge in [0.05, 0.1) is 5.70 Å². The van der Waals surface area contributed by atoms with E-state index in [9.17, 15) is 4.79 Å². The van der Waals surface area contributed by atoms with E-state index < -0.39 is 0 Å². The maximum Gasteiger partial charge on any atom is 0.329 e. The molecule has 0 unspecified atom stereocenters. The van der Waals surface area contributed by atoms with Crippen molar-refractivity contribution in [2.24, 2.45) is 0 Å². The first kappa shape index (κ1) is 21.2. The molecule has 1 aliphatic rings. The highest BCUT2D eigenvalue weighted by molar-refractivity contribution is 6.30. The largest absolute Gasteiger partial charge is 0.366 e. The lowest BCUT2D eigenvalue weighted by Crippen LogP contribution is -2.51. The molecule has 1 aliphatic heterocycles. The molecule has 0 spiro atoms. The lowest BCUT2D eigenvalue weighted by Gasteiger charge is -2.43. The Hall–Kier alpha value is -2.14. The van der Waals surface area contributed by atoms with E-state index in [-0.39, 0.29) is 6.03 Å². The van der Waals surface area contributed by atoms with E-state index in [1.807, 2.05) is 45.4 Å². The van der Waals surface area contributed by atoms with Crippen molar-refractivity contribution in [3.8, 4) is 0 Å². The minimum absolute atomic E-state index is 0.0209. The van der Waals surface area contributed by atoms with Crippen LogP contribution in [0.5, 0.6) is 0 Å². The molecule has 0 saturated carbocycles. The van der Waals surface area contributed by atoms with Crippen molar-refractivity contribution in [3.63, 3.8) is 0 Å². The molecular weight excluding hydrogens is 360 g/mol. The van der Waals surface area contributed by atoms with Gasteiger partial charge in [-0.05, 0) is 31.0 Å². The summed E-state index contributed by atoms with van der Waals surface area (Å²) in [4.78, 5) is 20.7. The predicted molar refractivity (Wildman–Crippen MR) is 112 cm³/mol. The van der Waals surface area contributed by atoms with Crippen molar-refractivity contribution in [3.05, 3.63) is 58.6 Å². The summed E-state index contributed by atoms with van der Waals surface area (Å²) in [6.07, 6.45) is 1.98. The van der Waals surface area contributed by atoms with Crippen LogP contribution in [0.3, 0.4) is 0 Å². The molecule has 0 bridgehead atoms. The van der Waals surface area contributed by atoms with Crippen LogP contribution in [0.2, 0.25) is 5.02 Å². The van der Waals surface area contributed by atoms with Gasteiger partial charge in [-0.3, -0.25) is 9.80 Å². The third kappa shape index (κ3) is 4.59. The van der Waals surface area contributed by atoms with Crippen LogP contribution in [-0.4, -0.2) is 59.9 Å². The van der Waals surface area contributed by atoms with E-state index >= 15 is 0 Å². The number of unbranched alkanes of at least 4 members (excludes halogenated alkanes) is 1. The summed E-state index contributed by atoms with van der Waals surface area (Å²) in [6, 6.07) is 7.83. The lowest BCUT2D eigenvalue weighted by atomic mass is 10.1. The number of halogens is 1. The van der Waals surface area contributed by atoms with Crippen molar-refractivity contribution in [2.75, 3.05) is 34.2 Å². The van der Waals surface area contributed by atoms with Gasteiger partial charge in [0.15, 0.2) is 0 Å². The summed E-state index contributed by atoms with van der Waals surface area (Å²) in [6.45, 7) is 10.7. The Kier molecular flexibility index (Phi) is 7.19. The van der Waals surface area contributed by atoms with Crippen LogP contribution in [0.4, 0.5) is 4.79 Å². The fourth-order valence-electron chi connectivity index (χ4n) is 3.27. The minimum Gasteiger partial charge on any atom is -0.366 e. The number of nitrogens with zero attached hydrogens (tertiary/aromatic N) is 4. The van der Waals surface area contributed by atoms with Gasteiger partial charge in [0.25, 0.3) is 0 Å². The molecular formula is C21H31ClN4O. The third-order valence-corrected chi connectivity index (χ3v) is 5.18. The van der Waals surface area contributed by atoms with Gasteiger partial charge in [-0.15, -0.1) is 0 Å². The van der Waals surface area contributed by atoms with Crippen molar-refractivity contribution >= 4 is 17.6 Å². The first-order valence-electron chi connectivity index (χ1n) is 9.47. The van der Waals surface area contributed by atoms with E-state index in [1.54, 1.807) is 9.80 Å². The van der Waals surface area contributed by atoms with E-state index in [0.717, 1.165) is 47.2 Å². The number of likely N-dealkylation sites (N-methyl/N-ethyl adjacent to an activating group) is 1. The molecule has 1 aromatic carbocycles. The van der Waals surface area contributed by atoms with Gasteiger partial charge < -0.3 is 9.80 Å². The standard InChI is InChI=1S/C21H31ClN4O/c1-7-9-14-26-16(3)19(20(23(4)8-2)25(6)21(26)27)24(5)15-17-10-12-18(22)13-11-17/h10-13H,3,7-9,14-15H2,1-2,4-6H3. The quantitative estimate of drug-likeness (QED) is 0.651. The number of hydrogen-bond donors (Lipinski definition) is 0. The number of benzene rings is 1. The normalized spacial score (nSPS) is 14.9. The average molecular weight is 391 g/mol. The van der Waals surface area contributed by atoms with Crippen molar-refractivity contribution < 1.29 is 4.79 Å². The zero-order chi connectivity index (χ0) is 20.1. The van der Waals surface area contributed by atoms with Gasteiger partial charge in [-0.2, -0.15) is 0 Å². The molecule has 27 heavy (non-hydrogen) atoms. The molecule has 0 aromatic heterocycles. The molecule has 0 saturated heterocycles. The number of carbonyl (C=O) groups is 1. The molecule has 1 aromatic rings. The zero-order valence-electron chi connectivity index (χ0n) is 17.1. The van der Waals surface area contributed by atoms with Crippen LogP contribution in [-0.2, 0) is 6.54 Å². The van der Waals surface area contributed by atoms with E-state index in [2.05, 4.69) is 30.2 Å². The van der Waals surface area contributed by atoms with E-state index in [0.29, 0.717) is 13.1 Å². The Labute approximate surface area is 168 Å². The highest BCUT2D eigenvalue weighted by atomic mass is 35.5. The summed E-state index contributed by atoms with van der Waals surface area (Å²) in [5.41, 5.74) is 2.89. The highest BCUT2D eigenvalue weighted by Gasteiger charge is 2.35. The molecule has 0 fully saturated rings. The van der Waals surface area contributed by atoms with Crippen molar-refractivity contribution in [1.82, 2.24) is 19.6 Å². The molecule has 0 radical (unpaired) electrons. The Morgan fingerprint density at radius 2 is 1.74 bits per heavy atom. The molecule has 6 heteroatoms. The molecule has 1 heterocycles.